The maximum Gasteiger partial charge on any atom is 0.158 e. The van der Waals surface area contributed by atoms with E-state index < -0.39 is 0 Å². The van der Waals surface area contributed by atoms with Crippen LogP contribution >= 0.6 is 11.3 Å². The molecule has 0 spiro atoms. The highest BCUT2D eigenvalue weighted by Gasteiger charge is 2.10. The number of nitrogens with one attached hydrogen (secondary N) is 1. The third kappa shape index (κ3) is 2.37. The highest BCUT2D eigenvalue weighted by molar-refractivity contribution is 7.18. The van der Waals surface area contributed by atoms with Gasteiger partial charge in [0.15, 0.2) is 5.82 Å². The molecule has 3 heterocycles. The molecule has 0 aromatic carbocycles. The van der Waals surface area contributed by atoms with E-state index in [1.54, 1.807) is 36.3 Å². The SMILES string of the molecule is Cc1sc2ncnc(N/N=C\c3cccnc3)c2c1C. The number of aryl methyl sites for hydroxylation is 2. The van der Waals surface area contributed by atoms with E-state index in [2.05, 4.69) is 39.3 Å². The van der Waals surface area contributed by atoms with Crippen molar-refractivity contribution in [1.82, 2.24) is 15.0 Å². The number of thiophene rings is 1. The summed E-state index contributed by atoms with van der Waals surface area (Å²) in [5.41, 5.74) is 5.12. The minimum Gasteiger partial charge on any atom is -0.264 e. The molecule has 3 aromatic rings. The summed E-state index contributed by atoms with van der Waals surface area (Å²) in [5.74, 6) is 0.733. The summed E-state index contributed by atoms with van der Waals surface area (Å²) in [6, 6.07) is 3.81. The van der Waals surface area contributed by atoms with Gasteiger partial charge in [-0.15, -0.1) is 11.3 Å². The fraction of sp³-hybridized carbons (Fsp3) is 0.143. The van der Waals surface area contributed by atoms with Crippen LogP contribution in [0.4, 0.5) is 5.82 Å². The number of rotatable bonds is 3. The lowest BCUT2D eigenvalue weighted by Crippen LogP contribution is -1.95. The van der Waals surface area contributed by atoms with Crippen molar-refractivity contribution >= 4 is 33.6 Å². The number of hydrogen-bond donors (Lipinski definition) is 1. The second-order valence-corrected chi connectivity index (χ2v) is 5.55. The molecule has 0 saturated heterocycles. The molecule has 100 valence electrons. The second kappa shape index (κ2) is 5.34. The van der Waals surface area contributed by atoms with Crippen molar-refractivity contribution in [3.63, 3.8) is 0 Å². The van der Waals surface area contributed by atoms with Crippen LogP contribution in [0.5, 0.6) is 0 Å². The molecule has 5 nitrogen and oxygen atoms in total. The van der Waals surface area contributed by atoms with Gasteiger partial charge in [0.1, 0.15) is 11.2 Å². The van der Waals surface area contributed by atoms with E-state index in [1.165, 1.54) is 10.4 Å². The van der Waals surface area contributed by atoms with Gasteiger partial charge in [-0.2, -0.15) is 5.10 Å². The lowest BCUT2D eigenvalue weighted by atomic mass is 10.2. The van der Waals surface area contributed by atoms with E-state index in [-0.39, 0.29) is 0 Å². The number of fused-ring (bicyclic) bond motifs is 1. The molecule has 0 aliphatic carbocycles. The largest absolute Gasteiger partial charge is 0.264 e. The Kier molecular flexibility index (Phi) is 3.39. The van der Waals surface area contributed by atoms with Crippen LogP contribution < -0.4 is 5.43 Å². The van der Waals surface area contributed by atoms with E-state index >= 15 is 0 Å². The van der Waals surface area contributed by atoms with E-state index in [9.17, 15) is 0 Å². The van der Waals surface area contributed by atoms with Crippen LogP contribution in [0.1, 0.15) is 16.0 Å². The van der Waals surface area contributed by atoms with E-state index in [0.29, 0.717) is 0 Å². The molecule has 20 heavy (non-hydrogen) atoms. The molecule has 3 aromatic heterocycles. The number of nitrogens with zero attached hydrogens (tertiary/aromatic N) is 4. The van der Waals surface area contributed by atoms with Gasteiger partial charge < -0.3 is 0 Å². The van der Waals surface area contributed by atoms with E-state index in [4.69, 9.17) is 0 Å². The van der Waals surface area contributed by atoms with Gasteiger partial charge in [-0.1, -0.05) is 6.07 Å². The predicted octanol–water partition coefficient (Wildman–Crippen LogP) is 3.15. The predicted molar refractivity (Wildman–Crippen MR) is 82.3 cm³/mol. The Labute approximate surface area is 120 Å². The number of anilines is 1. The monoisotopic (exact) mass is 283 g/mol. The topological polar surface area (TPSA) is 63.1 Å². The van der Waals surface area contributed by atoms with Crippen molar-refractivity contribution in [2.45, 2.75) is 13.8 Å². The van der Waals surface area contributed by atoms with Crippen LogP contribution in [-0.2, 0) is 0 Å². The average molecular weight is 283 g/mol. The van der Waals surface area contributed by atoms with Crippen LogP contribution in [0.2, 0.25) is 0 Å². The summed E-state index contributed by atoms with van der Waals surface area (Å²) in [7, 11) is 0. The lowest BCUT2D eigenvalue weighted by molar-refractivity contribution is 1.19. The quantitative estimate of drug-likeness (QED) is 0.592. The third-order valence-electron chi connectivity index (χ3n) is 3.03. The molecule has 0 unspecified atom stereocenters. The van der Waals surface area contributed by atoms with Gasteiger partial charge in [-0.3, -0.25) is 10.4 Å². The number of aromatic nitrogens is 3. The Morgan fingerprint density at radius 1 is 1.30 bits per heavy atom. The normalized spacial score (nSPS) is 11.3. The highest BCUT2D eigenvalue weighted by atomic mass is 32.1. The molecule has 0 aliphatic rings. The molecule has 1 N–H and O–H groups in total. The van der Waals surface area contributed by atoms with E-state index in [1.807, 2.05) is 12.1 Å². The van der Waals surface area contributed by atoms with Gasteiger partial charge in [0.2, 0.25) is 0 Å². The molecule has 0 saturated carbocycles. The van der Waals surface area contributed by atoms with Crippen LogP contribution in [0, 0.1) is 13.8 Å². The summed E-state index contributed by atoms with van der Waals surface area (Å²) in [5, 5.41) is 5.25. The van der Waals surface area contributed by atoms with Gasteiger partial charge in [0.25, 0.3) is 0 Å². The van der Waals surface area contributed by atoms with Crippen molar-refractivity contribution in [3.05, 3.63) is 46.9 Å². The molecule has 0 bridgehead atoms. The summed E-state index contributed by atoms with van der Waals surface area (Å²) in [6.07, 6.45) is 6.76. The summed E-state index contributed by atoms with van der Waals surface area (Å²) in [4.78, 5) is 14.8. The van der Waals surface area contributed by atoms with Crippen LogP contribution in [-0.4, -0.2) is 21.2 Å². The van der Waals surface area contributed by atoms with Gasteiger partial charge in [-0.05, 0) is 25.5 Å². The van der Waals surface area contributed by atoms with Gasteiger partial charge in [0.05, 0.1) is 11.6 Å². The minimum atomic E-state index is 0.733. The van der Waals surface area contributed by atoms with Gasteiger partial charge in [-0.25, -0.2) is 9.97 Å². The van der Waals surface area contributed by atoms with Crippen LogP contribution in [0.3, 0.4) is 0 Å². The number of hydrazone groups is 1. The lowest BCUT2D eigenvalue weighted by Gasteiger charge is -2.01. The maximum absolute atomic E-state index is 4.30. The molecule has 0 radical (unpaired) electrons. The second-order valence-electron chi connectivity index (χ2n) is 4.34. The fourth-order valence-corrected chi connectivity index (χ4v) is 2.88. The fourth-order valence-electron chi connectivity index (χ4n) is 1.89. The number of pyridine rings is 1. The molecular formula is C14H13N5S. The first kappa shape index (κ1) is 12.7. The first-order chi connectivity index (χ1) is 9.75. The third-order valence-corrected chi connectivity index (χ3v) is 4.15. The molecule has 0 aliphatic heterocycles. The Hall–Kier alpha value is -2.34. The van der Waals surface area contributed by atoms with Gasteiger partial charge in [0, 0.05) is 22.8 Å². The van der Waals surface area contributed by atoms with Crippen molar-refractivity contribution in [1.29, 1.82) is 0 Å². The molecular weight excluding hydrogens is 270 g/mol. The van der Waals surface area contributed by atoms with Crippen LogP contribution in [0.25, 0.3) is 10.2 Å². The van der Waals surface area contributed by atoms with Gasteiger partial charge >= 0.3 is 0 Å². The van der Waals surface area contributed by atoms with Crippen molar-refractivity contribution < 1.29 is 0 Å². The summed E-state index contributed by atoms with van der Waals surface area (Å²) < 4.78 is 0. The Bertz CT molecular complexity index is 764. The Balaban J connectivity index is 1.90. The summed E-state index contributed by atoms with van der Waals surface area (Å²) in [6.45, 7) is 4.16. The van der Waals surface area contributed by atoms with Crippen molar-refractivity contribution in [2.75, 3.05) is 5.43 Å². The smallest absolute Gasteiger partial charge is 0.158 e. The minimum absolute atomic E-state index is 0.733. The first-order valence-electron chi connectivity index (χ1n) is 6.15. The molecule has 0 amide bonds. The Morgan fingerprint density at radius 2 is 2.20 bits per heavy atom. The molecule has 6 heteroatoms. The average Bonchev–Trinajstić information content (AvgIpc) is 2.76. The van der Waals surface area contributed by atoms with Crippen LogP contribution in [0.15, 0.2) is 36.0 Å². The molecule has 3 rings (SSSR count). The summed E-state index contributed by atoms with van der Waals surface area (Å²) >= 11 is 1.67. The zero-order valence-electron chi connectivity index (χ0n) is 11.2. The standard InChI is InChI=1S/C14H13N5S/c1-9-10(2)20-14-12(9)13(16-8-17-14)19-18-7-11-4-3-5-15-6-11/h3-8H,1-2H3,(H,16,17,19)/b18-7-. The zero-order chi connectivity index (χ0) is 13.9. The van der Waals surface area contributed by atoms with Crippen molar-refractivity contribution in [3.8, 4) is 0 Å². The van der Waals surface area contributed by atoms with E-state index in [0.717, 1.165) is 21.6 Å². The first-order valence-corrected chi connectivity index (χ1v) is 6.97. The molecule has 0 atom stereocenters. The zero-order valence-corrected chi connectivity index (χ0v) is 12.0. The van der Waals surface area contributed by atoms with Crippen molar-refractivity contribution in [2.24, 2.45) is 5.10 Å². The number of hydrogen-bond acceptors (Lipinski definition) is 6. The highest BCUT2D eigenvalue weighted by Crippen LogP contribution is 2.32. The Morgan fingerprint density at radius 3 is 3.00 bits per heavy atom. The maximum atomic E-state index is 4.30. The molecule has 0 fully saturated rings.